The number of rotatable bonds is 7. The molecule has 0 aliphatic heterocycles. The van der Waals surface area contributed by atoms with Gasteiger partial charge in [0.25, 0.3) is 0 Å². The van der Waals surface area contributed by atoms with E-state index in [-0.39, 0.29) is 34.7 Å². The first kappa shape index (κ1) is 16.6. The summed E-state index contributed by atoms with van der Waals surface area (Å²) in [6.45, 7) is -0.0541. The van der Waals surface area contributed by atoms with Gasteiger partial charge in [-0.1, -0.05) is 11.6 Å². The van der Waals surface area contributed by atoms with Crippen LogP contribution in [0.25, 0.3) is 0 Å². The Morgan fingerprint density at radius 2 is 2.14 bits per heavy atom. The van der Waals surface area contributed by atoms with Gasteiger partial charge in [-0.05, 0) is 25.0 Å². The maximum Gasteiger partial charge on any atom is 0.243 e. The van der Waals surface area contributed by atoms with Crippen molar-refractivity contribution in [3.63, 3.8) is 0 Å². The molecule has 118 valence electrons. The molecule has 0 saturated heterocycles. The first-order valence-corrected chi connectivity index (χ1v) is 8.33. The van der Waals surface area contributed by atoms with Crippen LogP contribution in [0.1, 0.15) is 18.4 Å². The lowest BCUT2D eigenvalue weighted by Gasteiger charge is -2.22. The zero-order valence-corrected chi connectivity index (χ0v) is 13.1. The van der Waals surface area contributed by atoms with E-state index in [0.29, 0.717) is 0 Å². The van der Waals surface area contributed by atoms with Crippen LogP contribution in [0.2, 0.25) is 5.02 Å². The van der Waals surface area contributed by atoms with Gasteiger partial charge in [-0.15, -0.1) is 0 Å². The summed E-state index contributed by atoms with van der Waals surface area (Å²) in [5.74, 6) is -0.857. The lowest BCUT2D eigenvalue weighted by atomic mass is 10.2. The second kappa shape index (κ2) is 6.58. The molecule has 0 aromatic heterocycles. The Hall–Kier alpha value is -0.730. The van der Waals surface area contributed by atoms with E-state index in [9.17, 15) is 12.8 Å². The maximum atomic E-state index is 13.7. The summed E-state index contributed by atoms with van der Waals surface area (Å²) >= 11 is 5.69. The number of aliphatic hydroxyl groups is 1. The monoisotopic (exact) mass is 337 g/mol. The van der Waals surface area contributed by atoms with Gasteiger partial charge in [0.1, 0.15) is 5.82 Å². The third kappa shape index (κ3) is 3.54. The molecule has 21 heavy (non-hydrogen) atoms. The number of hydrogen-bond acceptors (Lipinski definition) is 4. The molecule has 1 saturated carbocycles. The third-order valence-corrected chi connectivity index (χ3v) is 5.68. The molecule has 0 atom stereocenters. The Kier molecular flexibility index (Phi) is 5.21. The summed E-state index contributed by atoms with van der Waals surface area (Å²) in [6.07, 6.45) is 1.57. The lowest BCUT2D eigenvalue weighted by Crippen LogP contribution is -2.36. The fourth-order valence-corrected chi connectivity index (χ4v) is 3.96. The molecular formula is C13H17ClFNO4S. The smallest absolute Gasteiger partial charge is 0.243 e. The van der Waals surface area contributed by atoms with Crippen molar-refractivity contribution in [2.45, 2.75) is 30.4 Å². The predicted molar refractivity (Wildman–Crippen MR) is 76.1 cm³/mol. The Bertz CT molecular complexity index is 619. The number of sulfonamides is 1. The topological polar surface area (TPSA) is 66.8 Å². The third-order valence-electron chi connectivity index (χ3n) is 3.32. The van der Waals surface area contributed by atoms with Crippen LogP contribution in [0.5, 0.6) is 0 Å². The van der Waals surface area contributed by atoms with E-state index in [1.807, 2.05) is 0 Å². The molecule has 1 N–H and O–H groups in total. The molecule has 1 aliphatic rings. The molecule has 8 heteroatoms. The van der Waals surface area contributed by atoms with E-state index in [2.05, 4.69) is 0 Å². The highest BCUT2D eigenvalue weighted by molar-refractivity contribution is 7.89. The van der Waals surface area contributed by atoms with E-state index in [4.69, 9.17) is 21.4 Å². The van der Waals surface area contributed by atoms with E-state index < -0.39 is 22.4 Å². The van der Waals surface area contributed by atoms with Crippen molar-refractivity contribution in [3.05, 3.63) is 28.5 Å². The zero-order valence-electron chi connectivity index (χ0n) is 11.6. The predicted octanol–water partition coefficient (Wildman–Crippen LogP) is 1.77. The minimum absolute atomic E-state index is 0.0535. The molecule has 1 aromatic carbocycles. The van der Waals surface area contributed by atoms with Crippen LogP contribution in [-0.2, 0) is 21.4 Å². The van der Waals surface area contributed by atoms with Gasteiger partial charge in [0.05, 0.1) is 23.1 Å². The highest BCUT2D eigenvalue weighted by atomic mass is 35.5. The zero-order chi connectivity index (χ0) is 15.6. The number of ether oxygens (including phenoxy) is 1. The average Bonchev–Trinajstić information content (AvgIpc) is 3.26. The first-order valence-electron chi connectivity index (χ1n) is 6.51. The van der Waals surface area contributed by atoms with E-state index in [0.717, 1.165) is 18.9 Å². The van der Waals surface area contributed by atoms with Crippen LogP contribution >= 0.6 is 11.6 Å². The molecule has 0 amide bonds. The van der Waals surface area contributed by atoms with Crippen LogP contribution < -0.4 is 0 Å². The minimum Gasteiger partial charge on any atom is -0.392 e. The van der Waals surface area contributed by atoms with Crippen molar-refractivity contribution in [1.29, 1.82) is 0 Å². The number of methoxy groups -OCH3 is 1. The quantitative estimate of drug-likeness (QED) is 0.823. The second-order valence-corrected chi connectivity index (χ2v) is 7.14. The van der Waals surface area contributed by atoms with Gasteiger partial charge in [-0.3, -0.25) is 0 Å². The number of nitrogens with zero attached hydrogens (tertiary/aromatic N) is 1. The SMILES string of the molecule is COCCN(C1CC1)S(=O)(=O)c1cc(F)c(Cl)c(CO)c1. The van der Waals surface area contributed by atoms with E-state index in [1.165, 1.54) is 17.5 Å². The van der Waals surface area contributed by atoms with Gasteiger partial charge in [0.15, 0.2) is 0 Å². The molecule has 0 bridgehead atoms. The number of benzene rings is 1. The summed E-state index contributed by atoms with van der Waals surface area (Å²) in [4.78, 5) is -0.198. The van der Waals surface area contributed by atoms with Crippen molar-refractivity contribution in [2.24, 2.45) is 0 Å². The molecule has 2 rings (SSSR count). The number of halogens is 2. The second-order valence-electron chi connectivity index (χ2n) is 4.88. The van der Waals surface area contributed by atoms with Gasteiger partial charge >= 0.3 is 0 Å². The van der Waals surface area contributed by atoms with Crippen LogP contribution in [0, 0.1) is 5.82 Å². The van der Waals surface area contributed by atoms with E-state index >= 15 is 0 Å². The normalized spacial score (nSPS) is 15.7. The largest absolute Gasteiger partial charge is 0.392 e. The van der Waals surface area contributed by atoms with Gasteiger partial charge in [-0.25, -0.2) is 12.8 Å². The highest BCUT2D eigenvalue weighted by Crippen LogP contribution is 2.33. The summed E-state index contributed by atoms with van der Waals surface area (Å²) < 4.78 is 45.2. The van der Waals surface area contributed by atoms with Crippen LogP contribution in [0.4, 0.5) is 4.39 Å². The number of hydrogen-bond donors (Lipinski definition) is 1. The summed E-state index contributed by atoms with van der Waals surface area (Å²) in [5.41, 5.74) is 0.0535. The van der Waals surface area contributed by atoms with Gasteiger partial charge in [-0.2, -0.15) is 4.31 Å². The van der Waals surface area contributed by atoms with Crippen LogP contribution in [-0.4, -0.2) is 44.1 Å². The summed E-state index contributed by atoms with van der Waals surface area (Å²) in [7, 11) is -2.35. The Morgan fingerprint density at radius 3 is 2.67 bits per heavy atom. The van der Waals surface area contributed by atoms with Crippen molar-refractivity contribution >= 4 is 21.6 Å². The molecule has 1 aliphatic carbocycles. The molecule has 5 nitrogen and oxygen atoms in total. The van der Waals surface area contributed by atoms with Crippen LogP contribution in [0.15, 0.2) is 17.0 Å². The maximum absolute atomic E-state index is 13.7. The van der Waals surface area contributed by atoms with E-state index in [1.54, 1.807) is 0 Å². The fraction of sp³-hybridized carbons (Fsp3) is 0.538. The summed E-state index contributed by atoms with van der Waals surface area (Å²) in [6, 6.07) is 2.03. The highest BCUT2D eigenvalue weighted by Gasteiger charge is 2.38. The van der Waals surface area contributed by atoms with Gasteiger partial charge < -0.3 is 9.84 Å². The van der Waals surface area contributed by atoms with Gasteiger partial charge in [0, 0.05) is 25.3 Å². The van der Waals surface area contributed by atoms with Crippen molar-refractivity contribution in [3.8, 4) is 0 Å². The number of aliphatic hydroxyl groups excluding tert-OH is 1. The average molecular weight is 338 g/mol. The molecule has 0 spiro atoms. The molecular weight excluding hydrogens is 321 g/mol. The first-order chi connectivity index (χ1) is 9.91. The molecule has 0 heterocycles. The minimum atomic E-state index is -3.84. The van der Waals surface area contributed by atoms with Gasteiger partial charge in [0.2, 0.25) is 10.0 Å². The molecule has 1 fully saturated rings. The standard InChI is InChI=1S/C13H17ClFNO4S/c1-20-5-4-16(10-2-3-10)21(18,19)11-6-9(8-17)13(14)12(15)7-11/h6-7,10,17H,2-5,8H2,1H3. The molecule has 0 radical (unpaired) electrons. The summed E-state index contributed by atoms with van der Waals surface area (Å²) in [5, 5.41) is 8.90. The molecule has 0 unspecified atom stereocenters. The Balaban J connectivity index is 2.39. The van der Waals surface area contributed by atoms with Crippen molar-refractivity contribution in [1.82, 2.24) is 4.31 Å². The fourth-order valence-electron chi connectivity index (χ4n) is 2.06. The van der Waals surface area contributed by atoms with Crippen LogP contribution in [0.3, 0.4) is 0 Å². The lowest BCUT2D eigenvalue weighted by molar-refractivity contribution is 0.177. The Labute approximate surface area is 128 Å². The Morgan fingerprint density at radius 1 is 1.48 bits per heavy atom. The van der Waals surface area contributed by atoms with Crippen molar-refractivity contribution in [2.75, 3.05) is 20.3 Å². The molecule has 1 aromatic rings. The van der Waals surface area contributed by atoms with Crippen molar-refractivity contribution < 1.29 is 22.7 Å².